The van der Waals surface area contributed by atoms with E-state index in [1.54, 1.807) is 0 Å². The van der Waals surface area contributed by atoms with Gasteiger partial charge in [0.05, 0.1) is 0 Å². The second-order valence-corrected chi connectivity index (χ2v) is 11.2. The maximum atomic E-state index is 13.6. The highest BCUT2D eigenvalue weighted by Crippen LogP contribution is 2.27. The van der Waals surface area contributed by atoms with Crippen LogP contribution in [0.4, 0.5) is 0 Å². The third-order valence-corrected chi connectivity index (χ3v) is 4.62. The Bertz CT molecular complexity index is 491. The first-order valence-electron chi connectivity index (χ1n) is 11.3. The molecule has 178 valence electrons. The molecule has 0 saturated carbocycles. The Balaban J connectivity index is 6.75. The molecule has 0 aromatic carbocycles. The molecular weight excluding hydrogens is 380 g/mol. The Morgan fingerprint density at radius 3 is 0.867 bits per heavy atom. The second kappa shape index (κ2) is 10.9. The van der Waals surface area contributed by atoms with E-state index in [0.717, 1.165) is 0 Å². The molecule has 0 aromatic heterocycles. The van der Waals surface area contributed by atoms with E-state index in [1.165, 1.54) is 0 Å². The Kier molecular flexibility index (Phi) is 10.5. The minimum atomic E-state index is -0.788. The van der Waals surface area contributed by atoms with Gasteiger partial charge in [0.1, 0.15) is 23.3 Å². The summed E-state index contributed by atoms with van der Waals surface area (Å²) in [6.07, 6.45) is 0. The van der Waals surface area contributed by atoms with Gasteiger partial charge in [0.15, 0.2) is 0 Å². The Morgan fingerprint density at radius 1 is 0.533 bits per heavy atom. The van der Waals surface area contributed by atoms with E-state index in [2.05, 4.69) is 9.80 Å². The fraction of sp³-hybridized carbons (Fsp3) is 0.917. The smallest absolute Gasteiger partial charge is 0.326 e. The molecule has 30 heavy (non-hydrogen) atoms. The first-order chi connectivity index (χ1) is 13.3. The van der Waals surface area contributed by atoms with Gasteiger partial charge < -0.3 is 9.47 Å². The quantitative estimate of drug-likeness (QED) is 0.499. The highest BCUT2D eigenvalue weighted by molar-refractivity contribution is 5.88. The molecule has 0 rings (SSSR count). The van der Waals surface area contributed by atoms with Gasteiger partial charge in [-0.25, -0.2) is 0 Å². The van der Waals surface area contributed by atoms with Crippen LogP contribution in [0.25, 0.3) is 0 Å². The van der Waals surface area contributed by atoms with E-state index in [4.69, 9.17) is 9.47 Å². The maximum absolute atomic E-state index is 13.6. The molecule has 0 spiro atoms. The lowest BCUT2D eigenvalue weighted by molar-refractivity contribution is -0.180. The molecule has 6 heteroatoms. The minimum absolute atomic E-state index is 0.0358. The molecule has 0 saturated heterocycles. The number of ether oxygens (including phenoxy) is 2. The highest BCUT2D eigenvalue weighted by atomic mass is 16.6. The summed E-state index contributed by atoms with van der Waals surface area (Å²) in [5.74, 6) is -0.792. The summed E-state index contributed by atoms with van der Waals surface area (Å²) >= 11 is 0. The molecule has 0 bridgehead atoms. The molecule has 0 N–H and O–H groups in total. The molecule has 0 aromatic rings. The molecule has 2 unspecified atom stereocenters. The summed E-state index contributed by atoms with van der Waals surface area (Å²) in [6, 6.07) is -1.43. The second-order valence-electron chi connectivity index (χ2n) is 11.2. The van der Waals surface area contributed by atoms with Crippen LogP contribution in [0.1, 0.15) is 96.9 Å². The summed E-state index contributed by atoms with van der Waals surface area (Å²) in [5, 5.41) is 0. The summed E-state index contributed by atoms with van der Waals surface area (Å²) in [4.78, 5) is 31.3. The molecule has 0 fully saturated rings. The van der Waals surface area contributed by atoms with Crippen LogP contribution in [0, 0.1) is 0 Å². The lowest BCUT2D eigenvalue weighted by atomic mass is 9.97. The number of rotatable bonds is 9. The van der Waals surface area contributed by atoms with Crippen LogP contribution >= 0.6 is 0 Å². The number of esters is 2. The van der Waals surface area contributed by atoms with E-state index in [0.29, 0.717) is 0 Å². The minimum Gasteiger partial charge on any atom is -0.459 e. The van der Waals surface area contributed by atoms with Gasteiger partial charge in [-0.2, -0.15) is 0 Å². The summed E-state index contributed by atoms with van der Waals surface area (Å²) in [6.45, 7) is 27.4. The Hall–Kier alpha value is -1.14. The van der Waals surface area contributed by atoms with Crippen LogP contribution < -0.4 is 0 Å². The molecule has 0 aliphatic heterocycles. The zero-order chi connectivity index (χ0) is 24.2. The van der Waals surface area contributed by atoms with E-state index < -0.39 is 35.2 Å². The number of carbonyl (C=O) groups is 2. The summed E-state index contributed by atoms with van der Waals surface area (Å²) < 4.78 is 11.7. The Morgan fingerprint density at radius 2 is 0.733 bits per heavy atom. The predicted octanol–water partition coefficient (Wildman–Crippen LogP) is 4.64. The van der Waals surface area contributed by atoms with Crippen LogP contribution in [0.2, 0.25) is 0 Å². The zero-order valence-electron chi connectivity index (χ0n) is 22.0. The van der Waals surface area contributed by atoms with Gasteiger partial charge in [-0.05, 0) is 96.9 Å². The van der Waals surface area contributed by atoms with Crippen molar-refractivity contribution >= 4 is 11.9 Å². The van der Waals surface area contributed by atoms with Gasteiger partial charge in [0, 0.05) is 24.2 Å². The number of carbonyl (C=O) groups excluding carboxylic acids is 2. The van der Waals surface area contributed by atoms with Crippen molar-refractivity contribution in [2.75, 3.05) is 0 Å². The van der Waals surface area contributed by atoms with E-state index in [1.807, 2.05) is 96.9 Å². The van der Waals surface area contributed by atoms with E-state index >= 15 is 0 Å². The van der Waals surface area contributed by atoms with Crippen LogP contribution in [-0.4, -0.2) is 69.2 Å². The zero-order valence-corrected chi connectivity index (χ0v) is 22.0. The van der Waals surface area contributed by atoms with Crippen molar-refractivity contribution in [2.45, 2.75) is 144 Å². The number of hydrogen-bond acceptors (Lipinski definition) is 6. The van der Waals surface area contributed by atoms with Gasteiger partial charge >= 0.3 is 11.9 Å². The van der Waals surface area contributed by atoms with Crippen molar-refractivity contribution in [3.63, 3.8) is 0 Å². The molecule has 0 heterocycles. The van der Waals surface area contributed by atoms with Crippen molar-refractivity contribution in [2.24, 2.45) is 0 Å². The molecule has 0 aliphatic carbocycles. The van der Waals surface area contributed by atoms with E-state index in [-0.39, 0.29) is 24.2 Å². The van der Waals surface area contributed by atoms with Crippen molar-refractivity contribution in [1.29, 1.82) is 0 Å². The topological polar surface area (TPSA) is 59.1 Å². The number of nitrogens with zero attached hydrogens (tertiary/aromatic N) is 2. The lowest BCUT2D eigenvalue weighted by Crippen LogP contribution is -2.66. The molecule has 2 atom stereocenters. The van der Waals surface area contributed by atoms with Crippen molar-refractivity contribution in [1.82, 2.24) is 9.80 Å². The first-order valence-corrected chi connectivity index (χ1v) is 11.3. The maximum Gasteiger partial charge on any atom is 0.326 e. The molecular formula is C24H48N2O4. The fourth-order valence-corrected chi connectivity index (χ4v) is 4.03. The third kappa shape index (κ3) is 8.93. The molecule has 6 nitrogen and oxygen atoms in total. The van der Waals surface area contributed by atoms with Crippen LogP contribution in [0.15, 0.2) is 0 Å². The predicted molar refractivity (Wildman–Crippen MR) is 123 cm³/mol. The average molecular weight is 429 g/mol. The molecule has 0 amide bonds. The third-order valence-electron chi connectivity index (χ3n) is 4.62. The van der Waals surface area contributed by atoms with Gasteiger partial charge in [0.25, 0.3) is 0 Å². The van der Waals surface area contributed by atoms with Crippen molar-refractivity contribution in [3.8, 4) is 0 Å². The SMILES string of the molecule is CC(C)N(C(C)C)C(C(=O)OC(C)(C)C)C(C(=O)OC(C)(C)C)N(C(C)C)C(C)C. The first kappa shape index (κ1) is 28.9. The Labute approximate surface area is 185 Å². The van der Waals surface area contributed by atoms with Crippen LogP contribution in [-0.2, 0) is 19.1 Å². The van der Waals surface area contributed by atoms with Crippen molar-refractivity contribution < 1.29 is 19.1 Å². The van der Waals surface area contributed by atoms with Crippen LogP contribution in [0.5, 0.6) is 0 Å². The highest BCUT2D eigenvalue weighted by Gasteiger charge is 2.48. The summed E-state index contributed by atoms with van der Waals surface area (Å²) in [7, 11) is 0. The molecule has 0 radical (unpaired) electrons. The number of hydrogen-bond donors (Lipinski definition) is 0. The summed E-state index contributed by atoms with van der Waals surface area (Å²) in [5.41, 5.74) is -1.32. The van der Waals surface area contributed by atoms with Gasteiger partial charge in [-0.15, -0.1) is 0 Å². The van der Waals surface area contributed by atoms with Crippen LogP contribution in [0.3, 0.4) is 0 Å². The normalized spacial score (nSPS) is 15.5. The fourth-order valence-electron chi connectivity index (χ4n) is 4.03. The lowest BCUT2D eigenvalue weighted by Gasteiger charge is -2.46. The largest absolute Gasteiger partial charge is 0.459 e. The average Bonchev–Trinajstić information content (AvgIpc) is 2.44. The standard InChI is InChI=1S/C24H48N2O4/c1-15(2)25(16(3)4)19(21(27)29-23(9,10)11)20(22(28)30-24(12,13)14)26(17(5)6)18(7)8/h15-20H,1-14H3. The van der Waals surface area contributed by atoms with Gasteiger partial charge in [0.2, 0.25) is 0 Å². The van der Waals surface area contributed by atoms with Crippen molar-refractivity contribution in [3.05, 3.63) is 0 Å². The van der Waals surface area contributed by atoms with Gasteiger partial charge in [-0.1, -0.05) is 0 Å². The van der Waals surface area contributed by atoms with Gasteiger partial charge in [-0.3, -0.25) is 19.4 Å². The monoisotopic (exact) mass is 428 g/mol. The van der Waals surface area contributed by atoms with E-state index in [9.17, 15) is 9.59 Å². The molecule has 0 aliphatic rings.